The Morgan fingerprint density at radius 3 is 2.06 bits per heavy atom. The molecular weight excluding hydrogens is 1020 g/mol. The number of carbonyl (C=O) groups excluding carboxylic acids is 8. The number of carboxylic acid groups (broad SMARTS) is 1. The van der Waals surface area contributed by atoms with E-state index < -0.39 is 113 Å². The lowest BCUT2D eigenvalue weighted by molar-refractivity contribution is -0.142. The molecule has 78 heavy (non-hydrogen) atoms. The van der Waals surface area contributed by atoms with E-state index >= 15 is 4.39 Å². The number of benzene rings is 2. The van der Waals surface area contributed by atoms with E-state index in [1.807, 2.05) is 51.1 Å². The van der Waals surface area contributed by atoms with E-state index in [-0.39, 0.29) is 88.9 Å². The molecule has 11 N–H and O–H groups in total. The molecule has 1 aliphatic rings. The van der Waals surface area contributed by atoms with Crippen molar-refractivity contribution < 1.29 is 62.1 Å². The van der Waals surface area contributed by atoms with Crippen molar-refractivity contribution in [1.82, 2.24) is 45.9 Å². The molecular formula is C54H75F2N11O11. The van der Waals surface area contributed by atoms with Gasteiger partial charge in [0.25, 0.3) is 11.8 Å². The molecule has 0 saturated heterocycles. The van der Waals surface area contributed by atoms with Gasteiger partial charge in [-0.2, -0.15) is 0 Å². The Kier molecular flexibility index (Phi) is 24.5. The molecule has 1 aromatic heterocycles. The predicted molar refractivity (Wildman–Crippen MR) is 283 cm³/mol. The summed E-state index contributed by atoms with van der Waals surface area (Å²) in [6.45, 7) is 8.45. The highest BCUT2D eigenvalue weighted by molar-refractivity contribution is 6.12. The third-order valence-corrected chi connectivity index (χ3v) is 12.9. The van der Waals surface area contributed by atoms with Crippen LogP contribution in [0.4, 0.5) is 13.6 Å². The topological polar surface area (TPSA) is 331 Å². The van der Waals surface area contributed by atoms with E-state index in [0.717, 1.165) is 28.7 Å². The Labute approximate surface area is 452 Å². The van der Waals surface area contributed by atoms with Crippen molar-refractivity contribution in [2.45, 2.75) is 136 Å². The van der Waals surface area contributed by atoms with E-state index in [1.54, 1.807) is 24.6 Å². The van der Waals surface area contributed by atoms with Gasteiger partial charge in [0.1, 0.15) is 42.2 Å². The number of nitrogens with one attached hydrogen (secondary N) is 5. The third kappa shape index (κ3) is 19.4. The van der Waals surface area contributed by atoms with E-state index in [4.69, 9.17) is 16.5 Å². The molecule has 0 fully saturated rings. The van der Waals surface area contributed by atoms with Gasteiger partial charge in [0, 0.05) is 63.1 Å². The van der Waals surface area contributed by atoms with Crippen LogP contribution in [0.15, 0.2) is 66.9 Å². The first kappa shape index (κ1) is 62.9. The monoisotopic (exact) mass is 1090 g/mol. The summed E-state index contributed by atoms with van der Waals surface area (Å²) < 4.78 is 31.3. The minimum atomic E-state index is -1.42. The van der Waals surface area contributed by atoms with Crippen LogP contribution in [0.2, 0.25) is 0 Å². The van der Waals surface area contributed by atoms with Gasteiger partial charge in [-0.1, -0.05) is 71.4 Å². The lowest BCUT2D eigenvalue weighted by Gasteiger charge is -2.40. The molecule has 0 bridgehead atoms. The number of nitrogens with two attached hydrogens (primary N) is 2. The number of halogens is 2. The smallest absolute Gasteiger partial charge is 0.326 e. The molecule has 3 aromatic rings. The number of rotatable bonds is 32. The van der Waals surface area contributed by atoms with Crippen LogP contribution in [0, 0.1) is 23.0 Å². The number of urea groups is 1. The van der Waals surface area contributed by atoms with Crippen LogP contribution in [0.3, 0.4) is 0 Å². The van der Waals surface area contributed by atoms with Crippen molar-refractivity contribution in [1.29, 1.82) is 0 Å². The van der Waals surface area contributed by atoms with Gasteiger partial charge in [0.05, 0.1) is 17.8 Å². The second kappa shape index (κ2) is 30.4. The fourth-order valence-electron chi connectivity index (χ4n) is 8.83. The Hall–Kier alpha value is -7.60. The number of aliphatic hydroxyl groups is 1. The van der Waals surface area contributed by atoms with Crippen molar-refractivity contribution in [2.75, 3.05) is 32.8 Å². The van der Waals surface area contributed by atoms with Gasteiger partial charge >= 0.3 is 12.0 Å². The normalized spacial score (nSPS) is 14.3. The summed E-state index contributed by atoms with van der Waals surface area (Å²) in [5, 5.41) is 33.2. The molecule has 22 nitrogen and oxygen atoms in total. The predicted octanol–water partition coefficient (Wildman–Crippen LogP) is 2.92. The van der Waals surface area contributed by atoms with Gasteiger partial charge in [0.15, 0.2) is 0 Å². The highest BCUT2D eigenvalue weighted by Crippen LogP contribution is 2.39. The average Bonchev–Trinajstić information content (AvgIpc) is 3.95. The van der Waals surface area contributed by atoms with Gasteiger partial charge in [0.2, 0.25) is 29.5 Å². The minimum Gasteiger partial charge on any atom is -0.480 e. The SMILES string of the molecule is CC(C)C(NC(=O)CCCCCN1C(=O)C=CC1=O)C(=O)N[C@@H](CCCNC(N)=O)C(=O)N[C@@H](CCCCNC(=O)[C@@H](N)CCN(C(=O)CO)[C@@H](c1nc(-c2cc(F)ccc2F)cn1Cc1ccccc1)C(C)(C)C)C(=O)O. The molecule has 0 radical (unpaired) electrons. The number of aliphatic carboxylic acids is 1. The number of nitrogens with zero attached hydrogens (tertiary/aromatic N) is 4. The van der Waals surface area contributed by atoms with Crippen LogP contribution in [0.5, 0.6) is 0 Å². The maximum absolute atomic E-state index is 15.1. The van der Waals surface area contributed by atoms with Gasteiger partial charge in [-0.15, -0.1) is 0 Å². The molecule has 426 valence electrons. The number of hydrogen-bond acceptors (Lipinski definition) is 12. The molecule has 0 spiro atoms. The quantitative estimate of drug-likeness (QED) is 0.0321. The zero-order valence-corrected chi connectivity index (χ0v) is 44.9. The Morgan fingerprint density at radius 1 is 0.782 bits per heavy atom. The van der Waals surface area contributed by atoms with Gasteiger partial charge < -0.3 is 57.7 Å². The number of aliphatic hydroxyl groups excluding tert-OH is 1. The number of carboxylic acids is 1. The number of primary amides is 1. The molecule has 0 saturated carbocycles. The van der Waals surface area contributed by atoms with Gasteiger partial charge in [-0.3, -0.25) is 38.5 Å². The first-order valence-electron chi connectivity index (χ1n) is 26.1. The molecule has 0 aliphatic carbocycles. The fraction of sp³-hybridized carbons (Fsp3) is 0.519. The standard InChI is InChI=1S/C54H75F2N11O11/c1-33(2)46(64-42(69)19-10-7-13-27-66-43(70)22-23-44(66)71)51(75)62-39(18-14-26-60-53(58)78)50(74)63-40(52(76)77)17-11-12-25-59-49(73)38(57)24-28-67(45(72)32-68)47(54(3,4)5)48-61-41(36-29-35(55)20-21-37(36)56)31-65(48)30-34-15-8-6-9-16-34/h6,8-9,15-16,20-23,29,31,33,38-40,46-47,68H,7,10-14,17-19,24-28,30,32,57H2,1-5H3,(H,59,73)(H,62,75)(H,63,74)(H,64,69)(H,76,77)(H3,58,60,78)/t38-,39-,40-,46?,47-/m0/s1. The van der Waals surface area contributed by atoms with Crippen molar-refractivity contribution in [3.8, 4) is 11.3 Å². The van der Waals surface area contributed by atoms with Crippen molar-refractivity contribution in [3.63, 3.8) is 0 Å². The summed E-state index contributed by atoms with van der Waals surface area (Å²) in [4.78, 5) is 122. The average molecular weight is 1090 g/mol. The Bertz CT molecular complexity index is 2590. The van der Waals surface area contributed by atoms with Crippen LogP contribution in [0.1, 0.15) is 116 Å². The van der Waals surface area contributed by atoms with E-state index in [0.29, 0.717) is 25.1 Å². The first-order valence-corrected chi connectivity index (χ1v) is 26.1. The van der Waals surface area contributed by atoms with Crippen molar-refractivity contribution >= 4 is 53.4 Å². The Balaban J connectivity index is 1.35. The summed E-state index contributed by atoms with van der Waals surface area (Å²) in [5.41, 5.74) is 11.6. The minimum absolute atomic E-state index is 0.0366. The number of carbonyl (C=O) groups is 9. The Morgan fingerprint density at radius 2 is 1.44 bits per heavy atom. The van der Waals surface area contributed by atoms with Gasteiger partial charge in [-0.25, -0.2) is 23.4 Å². The number of hydrogen-bond donors (Lipinski definition) is 9. The number of aromatic nitrogens is 2. The molecule has 2 aromatic carbocycles. The highest BCUT2D eigenvalue weighted by atomic mass is 19.1. The van der Waals surface area contributed by atoms with E-state index in [9.17, 15) is 57.8 Å². The lowest BCUT2D eigenvalue weighted by Crippen LogP contribution is -2.57. The second-order valence-corrected chi connectivity index (χ2v) is 20.6. The molecule has 4 rings (SSSR count). The van der Waals surface area contributed by atoms with E-state index in [2.05, 4.69) is 26.6 Å². The first-order chi connectivity index (χ1) is 36.9. The zero-order valence-electron chi connectivity index (χ0n) is 44.9. The molecule has 24 heteroatoms. The largest absolute Gasteiger partial charge is 0.480 e. The van der Waals surface area contributed by atoms with Gasteiger partial charge in [-0.05, 0) is 86.5 Å². The number of amides is 9. The summed E-state index contributed by atoms with van der Waals surface area (Å²) in [7, 11) is 0. The van der Waals surface area contributed by atoms with Crippen molar-refractivity contribution in [2.24, 2.45) is 22.8 Å². The maximum atomic E-state index is 15.1. The lowest BCUT2D eigenvalue weighted by atomic mass is 9.84. The van der Waals surface area contributed by atoms with Crippen LogP contribution < -0.4 is 38.1 Å². The van der Waals surface area contributed by atoms with E-state index in [1.165, 1.54) is 17.1 Å². The summed E-state index contributed by atoms with van der Waals surface area (Å²) >= 11 is 0. The molecule has 5 atom stereocenters. The van der Waals surface area contributed by atoms with Crippen molar-refractivity contribution in [3.05, 3.63) is 89.9 Å². The number of unbranched alkanes of at least 4 members (excludes halogenated alkanes) is 3. The summed E-state index contributed by atoms with van der Waals surface area (Å²) in [6.07, 6.45) is 5.80. The number of imide groups is 1. The van der Waals surface area contributed by atoms with Crippen LogP contribution in [0.25, 0.3) is 11.3 Å². The summed E-state index contributed by atoms with van der Waals surface area (Å²) in [6, 6.07) is 5.67. The third-order valence-electron chi connectivity index (χ3n) is 12.9. The fourth-order valence-corrected chi connectivity index (χ4v) is 8.83. The summed E-state index contributed by atoms with van der Waals surface area (Å²) in [5.74, 6) is -6.93. The second-order valence-electron chi connectivity index (χ2n) is 20.6. The van der Waals surface area contributed by atoms with Crippen LogP contribution >= 0.6 is 0 Å². The molecule has 1 aliphatic heterocycles. The molecule has 2 heterocycles. The number of imidazole rings is 1. The van der Waals surface area contributed by atoms with Crippen LogP contribution in [-0.2, 0) is 44.9 Å². The molecule has 9 amide bonds. The maximum Gasteiger partial charge on any atom is 0.326 e. The zero-order chi connectivity index (χ0) is 57.7. The van der Waals surface area contributed by atoms with Crippen LogP contribution in [-0.4, -0.2) is 140 Å². The highest BCUT2D eigenvalue weighted by Gasteiger charge is 2.39. The molecule has 1 unspecified atom stereocenters.